The van der Waals surface area contributed by atoms with E-state index in [2.05, 4.69) is 10.1 Å². The van der Waals surface area contributed by atoms with Crippen molar-refractivity contribution < 1.29 is 19.4 Å². The Morgan fingerprint density at radius 3 is 2.78 bits per heavy atom. The molecule has 8 heteroatoms. The van der Waals surface area contributed by atoms with E-state index in [0.29, 0.717) is 36.0 Å². The van der Waals surface area contributed by atoms with Crippen molar-refractivity contribution in [3.05, 3.63) is 46.4 Å². The summed E-state index contributed by atoms with van der Waals surface area (Å²) in [6.45, 7) is 0.940. The number of aromatic nitrogens is 3. The molecule has 0 spiro atoms. The number of hydrogen-bond donors (Lipinski definition) is 2. The Morgan fingerprint density at radius 1 is 1.22 bits per heavy atom. The quantitative estimate of drug-likeness (QED) is 0.735. The lowest BCUT2D eigenvalue weighted by Gasteiger charge is -2.18. The minimum Gasteiger partial charge on any atom is -0.486 e. The Balaban J connectivity index is 1.90. The van der Waals surface area contributed by atoms with Gasteiger partial charge in [-0.2, -0.15) is 0 Å². The van der Waals surface area contributed by atoms with Crippen LogP contribution in [0.5, 0.6) is 11.5 Å². The maximum atomic E-state index is 12.1. The van der Waals surface area contributed by atoms with Gasteiger partial charge >= 0.3 is 5.97 Å². The number of carbonyl (C=O) groups is 1. The molecule has 1 aliphatic rings. The average Bonchev–Trinajstić information content (AvgIpc) is 2.99. The molecule has 4 rings (SSSR count). The lowest BCUT2D eigenvalue weighted by molar-refractivity contribution is 0.0699. The second-order valence-corrected chi connectivity index (χ2v) is 4.99. The molecule has 8 nitrogen and oxygen atoms in total. The number of carboxylic acids is 1. The zero-order valence-electron chi connectivity index (χ0n) is 11.8. The summed E-state index contributed by atoms with van der Waals surface area (Å²) in [5.41, 5.74) is 0.615. The summed E-state index contributed by atoms with van der Waals surface area (Å²) in [6.07, 6.45) is 1.24. The van der Waals surface area contributed by atoms with Crippen LogP contribution < -0.4 is 15.0 Å². The highest BCUT2D eigenvalue weighted by molar-refractivity contribution is 5.94. The minimum absolute atomic E-state index is 0.0647. The van der Waals surface area contributed by atoms with E-state index < -0.39 is 11.5 Å². The fraction of sp³-hybridized carbons (Fsp3) is 0.133. The fourth-order valence-corrected chi connectivity index (χ4v) is 2.49. The van der Waals surface area contributed by atoms with Gasteiger partial charge in [-0.15, -0.1) is 0 Å². The van der Waals surface area contributed by atoms with Crippen LogP contribution in [0.3, 0.4) is 0 Å². The molecule has 0 saturated heterocycles. The van der Waals surface area contributed by atoms with Gasteiger partial charge in [0.25, 0.3) is 5.56 Å². The third kappa shape index (κ3) is 2.11. The van der Waals surface area contributed by atoms with Crippen LogP contribution in [0.15, 0.2) is 35.3 Å². The van der Waals surface area contributed by atoms with Crippen LogP contribution in [0.2, 0.25) is 0 Å². The van der Waals surface area contributed by atoms with Gasteiger partial charge in [0.15, 0.2) is 17.1 Å². The normalized spacial score (nSPS) is 13.2. The van der Waals surface area contributed by atoms with Crippen molar-refractivity contribution in [3.8, 4) is 22.8 Å². The van der Waals surface area contributed by atoms with E-state index in [1.807, 2.05) is 0 Å². The number of nitrogens with zero attached hydrogens (tertiary/aromatic N) is 2. The molecule has 0 aliphatic carbocycles. The second-order valence-electron chi connectivity index (χ2n) is 4.99. The number of fused-ring (bicyclic) bond motifs is 2. The van der Waals surface area contributed by atoms with E-state index in [1.54, 1.807) is 18.2 Å². The molecule has 0 saturated carbocycles. The maximum Gasteiger partial charge on any atom is 0.341 e. The van der Waals surface area contributed by atoms with Gasteiger partial charge in [0.1, 0.15) is 18.8 Å². The SMILES string of the molecule is O=C(O)c1c[nH]n2c(=O)cc(-c3ccc4c(c3)OCCO4)nc12. The molecule has 0 radical (unpaired) electrons. The molecule has 0 atom stereocenters. The monoisotopic (exact) mass is 313 g/mol. The molecule has 0 amide bonds. The van der Waals surface area contributed by atoms with Gasteiger partial charge in [-0.1, -0.05) is 0 Å². The number of rotatable bonds is 2. The number of H-pyrrole nitrogens is 1. The number of nitrogens with one attached hydrogen (secondary N) is 1. The van der Waals surface area contributed by atoms with E-state index in [4.69, 9.17) is 9.47 Å². The highest BCUT2D eigenvalue weighted by Crippen LogP contribution is 2.33. The molecule has 0 unspecified atom stereocenters. The van der Waals surface area contributed by atoms with Gasteiger partial charge in [0.2, 0.25) is 0 Å². The lowest BCUT2D eigenvalue weighted by Crippen LogP contribution is -2.16. The van der Waals surface area contributed by atoms with Crippen LogP contribution in [0.25, 0.3) is 16.9 Å². The summed E-state index contributed by atoms with van der Waals surface area (Å²) in [5.74, 6) is 0.0453. The number of carboxylic acid groups (broad SMARTS) is 1. The van der Waals surface area contributed by atoms with Crippen LogP contribution >= 0.6 is 0 Å². The predicted octanol–water partition coefficient (Wildman–Crippen LogP) is 1.16. The van der Waals surface area contributed by atoms with Crippen molar-refractivity contribution in [2.45, 2.75) is 0 Å². The number of hydrogen-bond acceptors (Lipinski definition) is 5. The Kier molecular flexibility index (Phi) is 2.83. The van der Waals surface area contributed by atoms with Crippen molar-refractivity contribution in [3.63, 3.8) is 0 Å². The molecular weight excluding hydrogens is 302 g/mol. The molecule has 3 aromatic rings. The molecule has 2 aromatic heterocycles. The van der Waals surface area contributed by atoms with Gasteiger partial charge in [0, 0.05) is 17.8 Å². The third-order valence-corrected chi connectivity index (χ3v) is 3.57. The largest absolute Gasteiger partial charge is 0.486 e. The first kappa shape index (κ1) is 13.4. The van der Waals surface area contributed by atoms with Crippen LogP contribution in [0.4, 0.5) is 0 Å². The van der Waals surface area contributed by atoms with Crippen LogP contribution in [-0.4, -0.2) is 38.9 Å². The van der Waals surface area contributed by atoms with Crippen molar-refractivity contribution in [2.24, 2.45) is 0 Å². The Labute approximate surface area is 128 Å². The molecule has 3 heterocycles. The minimum atomic E-state index is -1.16. The molecule has 0 fully saturated rings. The summed E-state index contributed by atoms with van der Waals surface area (Å²) in [4.78, 5) is 27.6. The standard InChI is InChI=1S/C15H11N3O5/c19-13-6-10(17-14-9(15(20)21)7-16-18(13)14)8-1-2-11-12(5-8)23-4-3-22-11/h1-2,5-7,16H,3-4H2,(H,20,21). The molecule has 1 aromatic carbocycles. The lowest BCUT2D eigenvalue weighted by atomic mass is 10.1. The van der Waals surface area contributed by atoms with Gasteiger partial charge < -0.3 is 14.6 Å². The summed E-state index contributed by atoms with van der Waals surface area (Å²) >= 11 is 0. The summed E-state index contributed by atoms with van der Waals surface area (Å²) in [5, 5.41) is 11.8. The van der Waals surface area contributed by atoms with E-state index in [0.717, 1.165) is 4.52 Å². The third-order valence-electron chi connectivity index (χ3n) is 3.57. The Morgan fingerprint density at radius 2 is 2.00 bits per heavy atom. The number of ether oxygens (including phenoxy) is 2. The molecule has 0 bridgehead atoms. The molecule has 116 valence electrons. The van der Waals surface area contributed by atoms with Crippen molar-refractivity contribution in [2.75, 3.05) is 13.2 Å². The van der Waals surface area contributed by atoms with E-state index in [-0.39, 0.29) is 11.2 Å². The van der Waals surface area contributed by atoms with Crippen LogP contribution in [-0.2, 0) is 0 Å². The average molecular weight is 313 g/mol. The maximum absolute atomic E-state index is 12.1. The zero-order valence-corrected chi connectivity index (χ0v) is 11.8. The molecular formula is C15H11N3O5. The van der Waals surface area contributed by atoms with Gasteiger partial charge in [-0.3, -0.25) is 9.89 Å². The Hall–Kier alpha value is -3.29. The van der Waals surface area contributed by atoms with Crippen molar-refractivity contribution in [1.29, 1.82) is 0 Å². The first-order valence-corrected chi connectivity index (χ1v) is 6.88. The first-order chi connectivity index (χ1) is 11.1. The molecule has 1 aliphatic heterocycles. The highest BCUT2D eigenvalue weighted by atomic mass is 16.6. The van der Waals surface area contributed by atoms with Gasteiger partial charge in [-0.25, -0.2) is 14.3 Å². The number of benzene rings is 1. The Bertz CT molecular complexity index is 988. The van der Waals surface area contributed by atoms with Crippen molar-refractivity contribution in [1.82, 2.24) is 14.6 Å². The predicted molar refractivity (Wildman–Crippen MR) is 79.2 cm³/mol. The summed E-state index contributed by atoms with van der Waals surface area (Å²) in [6, 6.07) is 6.54. The van der Waals surface area contributed by atoms with Gasteiger partial charge in [-0.05, 0) is 18.2 Å². The zero-order chi connectivity index (χ0) is 16.0. The molecule has 2 N–H and O–H groups in total. The molecule has 23 heavy (non-hydrogen) atoms. The van der Waals surface area contributed by atoms with E-state index in [9.17, 15) is 14.7 Å². The van der Waals surface area contributed by atoms with Gasteiger partial charge in [0.05, 0.1) is 5.69 Å². The van der Waals surface area contributed by atoms with Crippen LogP contribution in [0, 0.1) is 0 Å². The topological polar surface area (TPSA) is 106 Å². The smallest absolute Gasteiger partial charge is 0.341 e. The van der Waals surface area contributed by atoms with Crippen molar-refractivity contribution >= 4 is 11.6 Å². The number of aromatic carboxylic acids is 1. The van der Waals surface area contributed by atoms with E-state index >= 15 is 0 Å². The second kappa shape index (κ2) is 4.87. The fourth-order valence-electron chi connectivity index (χ4n) is 2.49. The van der Waals surface area contributed by atoms with Crippen LogP contribution in [0.1, 0.15) is 10.4 Å². The summed E-state index contributed by atoms with van der Waals surface area (Å²) in [7, 11) is 0. The summed E-state index contributed by atoms with van der Waals surface area (Å²) < 4.78 is 12.1. The highest BCUT2D eigenvalue weighted by Gasteiger charge is 2.17. The van der Waals surface area contributed by atoms with E-state index in [1.165, 1.54) is 12.3 Å². The first-order valence-electron chi connectivity index (χ1n) is 6.88. The number of aromatic amines is 1.